The van der Waals surface area contributed by atoms with E-state index in [1.165, 1.54) is 12.1 Å². The summed E-state index contributed by atoms with van der Waals surface area (Å²) in [6.07, 6.45) is 1.54. The van der Waals surface area contributed by atoms with Crippen LogP contribution >= 0.6 is 0 Å². The van der Waals surface area contributed by atoms with Crippen LogP contribution in [0.1, 0.15) is 26.2 Å². The van der Waals surface area contributed by atoms with E-state index in [9.17, 15) is 13.2 Å². The fourth-order valence-electron chi connectivity index (χ4n) is 1.66. The second kappa shape index (κ2) is 7.86. The van der Waals surface area contributed by atoms with Gasteiger partial charge in [-0.1, -0.05) is 6.92 Å². The molecule has 0 bridgehead atoms. The molecule has 0 heterocycles. The number of carboxylic acid groups (broad SMARTS) is 1. The molecule has 0 atom stereocenters. The van der Waals surface area contributed by atoms with Gasteiger partial charge in [-0.05, 0) is 37.1 Å². The number of aliphatic carboxylic acids is 1. The molecule has 1 rings (SSSR count). The lowest BCUT2D eigenvalue weighted by Gasteiger charge is -2.08. The summed E-state index contributed by atoms with van der Waals surface area (Å²) >= 11 is 0. The van der Waals surface area contributed by atoms with Gasteiger partial charge in [0.1, 0.15) is 0 Å². The first-order valence-electron chi connectivity index (χ1n) is 6.51. The van der Waals surface area contributed by atoms with Gasteiger partial charge in [0.2, 0.25) is 10.0 Å². The van der Waals surface area contributed by atoms with Crippen LogP contribution in [-0.2, 0) is 14.8 Å². The van der Waals surface area contributed by atoms with E-state index in [1.54, 1.807) is 19.1 Å². The Bertz CT molecular complexity index is 526. The normalized spacial score (nSPS) is 11.2. The molecule has 1 aromatic carbocycles. The molecular weight excluding hydrogens is 280 g/mol. The highest BCUT2D eigenvalue weighted by Crippen LogP contribution is 2.14. The highest BCUT2D eigenvalue weighted by molar-refractivity contribution is 7.89. The summed E-state index contributed by atoms with van der Waals surface area (Å²) in [4.78, 5) is 10.6. The van der Waals surface area contributed by atoms with Crippen LogP contribution in [-0.4, -0.2) is 32.6 Å². The van der Waals surface area contributed by atoms with Gasteiger partial charge in [-0.3, -0.25) is 4.79 Å². The summed E-state index contributed by atoms with van der Waals surface area (Å²) < 4.78 is 25.9. The minimum absolute atomic E-state index is 0.168. The second-order valence-corrected chi connectivity index (χ2v) is 6.07. The number of rotatable bonds is 9. The van der Waals surface area contributed by atoms with E-state index < -0.39 is 16.0 Å². The fraction of sp³-hybridized carbons (Fsp3) is 0.462. The maximum atomic E-state index is 11.7. The topological polar surface area (TPSA) is 95.5 Å². The van der Waals surface area contributed by atoms with Gasteiger partial charge in [0, 0.05) is 25.2 Å². The van der Waals surface area contributed by atoms with Crippen molar-refractivity contribution in [3.63, 3.8) is 0 Å². The first-order chi connectivity index (χ1) is 9.45. The summed E-state index contributed by atoms with van der Waals surface area (Å²) in [5.74, 6) is -0.789. The Morgan fingerprint density at radius 2 is 1.85 bits per heavy atom. The Morgan fingerprint density at radius 3 is 2.40 bits per heavy atom. The average Bonchev–Trinajstić information content (AvgIpc) is 2.38. The molecule has 0 saturated carbocycles. The first kappa shape index (κ1) is 16.5. The van der Waals surface area contributed by atoms with Crippen LogP contribution in [0.5, 0.6) is 0 Å². The van der Waals surface area contributed by atoms with E-state index in [0.29, 0.717) is 19.5 Å². The SMILES string of the molecule is CCNS(=O)(=O)c1ccc(NCCCCC(=O)O)cc1. The molecule has 0 aliphatic rings. The van der Waals surface area contributed by atoms with Gasteiger partial charge in [-0.15, -0.1) is 0 Å². The zero-order chi connectivity index (χ0) is 15.0. The van der Waals surface area contributed by atoms with Crippen LogP contribution < -0.4 is 10.0 Å². The summed E-state index contributed by atoms with van der Waals surface area (Å²) in [5, 5.41) is 11.6. The third kappa shape index (κ3) is 5.58. The zero-order valence-electron chi connectivity index (χ0n) is 11.4. The van der Waals surface area contributed by atoms with Crippen molar-refractivity contribution in [1.82, 2.24) is 4.72 Å². The number of hydrogen-bond donors (Lipinski definition) is 3. The van der Waals surface area contributed by atoms with Gasteiger partial charge in [-0.25, -0.2) is 13.1 Å². The highest BCUT2D eigenvalue weighted by Gasteiger charge is 2.11. The zero-order valence-corrected chi connectivity index (χ0v) is 12.2. The Kier molecular flexibility index (Phi) is 6.47. The van der Waals surface area contributed by atoms with E-state index >= 15 is 0 Å². The number of nitrogens with one attached hydrogen (secondary N) is 2. The lowest BCUT2D eigenvalue weighted by atomic mass is 10.2. The Hall–Kier alpha value is -1.60. The van der Waals surface area contributed by atoms with Crippen molar-refractivity contribution < 1.29 is 18.3 Å². The molecule has 0 amide bonds. The van der Waals surface area contributed by atoms with E-state index in [2.05, 4.69) is 10.0 Å². The standard InChI is InChI=1S/C13H20N2O4S/c1-2-15-20(18,19)12-8-6-11(7-9-12)14-10-4-3-5-13(16)17/h6-9,14-15H,2-5,10H2,1H3,(H,16,17). The van der Waals surface area contributed by atoms with Gasteiger partial charge >= 0.3 is 5.97 Å². The molecule has 0 aromatic heterocycles. The molecular formula is C13H20N2O4S. The van der Waals surface area contributed by atoms with Crippen molar-refractivity contribution in [2.45, 2.75) is 31.1 Å². The molecule has 3 N–H and O–H groups in total. The van der Waals surface area contributed by atoms with Gasteiger partial charge in [0.25, 0.3) is 0 Å². The Labute approximate surface area is 119 Å². The molecule has 20 heavy (non-hydrogen) atoms. The molecule has 0 saturated heterocycles. The van der Waals surface area contributed by atoms with E-state index in [4.69, 9.17) is 5.11 Å². The molecule has 0 unspecified atom stereocenters. The molecule has 112 valence electrons. The fourth-order valence-corrected chi connectivity index (χ4v) is 2.70. The van der Waals surface area contributed by atoms with E-state index in [-0.39, 0.29) is 11.3 Å². The molecule has 6 nitrogen and oxygen atoms in total. The quantitative estimate of drug-likeness (QED) is 0.603. The van der Waals surface area contributed by atoms with Crippen molar-refractivity contribution >= 4 is 21.7 Å². The predicted molar refractivity (Wildman–Crippen MR) is 77.3 cm³/mol. The Balaban J connectivity index is 2.45. The van der Waals surface area contributed by atoms with Crippen molar-refractivity contribution in [3.8, 4) is 0 Å². The molecule has 0 aliphatic heterocycles. The van der Waals surface area contributed by atoms with Crippen molar-refractivity contribution in [3.05, 3.63) is 24.3 Å². The maximum Gasteiger partial charge on any atom is 0.303 e. The molecule has 0 radical (unpaired) electrons. The third-order valence-electron chi connectivity index (χ3n) is 2.65. The summed E-state index contributed by atoms with van der Waals surface area (Å²) in [5.41, 5.74) is 0.816. The van der Waals surface area contributed by atoms with Crippen molar-refractivity contribution in [1.29, 1.82) is 0 Å². The number of carbonyl (C=O) groups is 1. The van der Waals surface area contributed by atoms with Crippen molar-refractivity contribution in [2.24, 2.45) is 0 Å². The predicted octanol–water partition coefficient (Wildman–Crippen LogP) is 1.65. The smallest absolute Gasteiger partial charge is 0.303 e. The summed E-state index contributed by atoms with van der Waals surface area (Å²) in [7, 11) is -3.41. The largest absolute Gasteiger partial charge is 0.481 e. The minimum Gasteiger partial charge on any atom is -0.481 e. The van der Waals surface area contributed by atoms with Crippen LogP contribution in [0, 0.1) is 0 Å². The van der Waals surface area contributed by atoms with Crippen LogP contribution in [0.4, 0.5) is 5.69 Å². The maximum absolute atomic E-state index is 11.7. The molecule has 1 aromatic rings. The van der Waals surface area contributed by atoms with E-state index in [0.717, 1.165) is 12.1 Å². The molecule has 0 aliphatic carbocycles. The number of unbranched alkanes of at least 4 members (excludes halogenated alkanes) is 1. The van der Waals surface area contributed by atoms with Gasteiger partial charge in [0.05, 0.1) is 4.90 Å². The molecule has 0 fully saturated rings. The Morgan fingerprint density at radius 1 is 1.20 bits per heavy atom. The van der Waals surface area contributed by atoms with Gasteiger partial charge < -0.3 is 10.4 Å². The number of hydrogen-bond acceptors (Lipinski definition) is 4. The second-order valence-electron chi connectivity index (χ2n) is 4.30. The number of sulfonamides is 1. The molecule has 7 heteroatoms. The lowest BCUT2D eigenvalue weighted by molar-refractivity contribution is -0.137. The van der Waals surface area contributed by atoms with Crippen LogP contribution in [0.2, 0.25) is 0 Å². The lowest BCUT2D eigenvalue weighted by Crippen LogP contribution is -2.23. The first-order valence-corrected chi connectivity index (χ1v) is 7.99. The summed E-state index contributed by atoms with van der Waals surface area (Å²) in [6, 6.07) is 6.47. The molecule has 0 spiro atoms. The van der Waals surface area contributed by atoms with Crippen LogP contribution in [0.3, 0.4) is 0 Å². The monoisotopic (exact) mass is 300 g/mol. The van der Waals surface area contributed by atoms with Crippen LogP contribution in [0.25, 0.3) is 0 Å². The summed E-state index contributed by atoms with van der Waals surface area (Å²) in [6.45, 7) is 2.74. The number of benzene rings is 1. The van der Waals surface area contributed by atoms with Gasteiger partial charge in [0.15, 0.2) is 0 Å². The van der Waals surface area contributed by atoms with Crippen LogP contribution in [0.15, 0.2) is 29.2 Å². The highest BCUT2D eigenvalue weighted by atomic mass is 32.2. The number of carboxylic acids is 1. The number of anilines is 1. The van der Waals surface area contributed by atoms with E-state index in [1.807, 2.05) is 0 Å². The minimum atomic E-state index is -3.41. The van der Waals surface area contributed by atoms with Gasteiger partial charge in [-0.2, -0.15) is 0 Å². The van der Waals surface area contributed by atoms with Crippen molar-refractivity contribution in [2.75, 3.05) is 18.4 Å². The average molecular weight is 300 g/mol. The third-order valence-corrected chi connectivity index (χ3v) is 4.21.